The smallest absolute Gasteiger partial charge is 0.269 e. The van der Waals surface area contributed by atoms with E-state index in [1.807, 2.05) is 55.0 Å². The molecule has 32 heavy (non-hydrogen) atoms. The molecule has 0 saturated carbocycles. The van der Waals surface area contributed by atoms with Crippen LogP contribution in [0, 0.1) is 0 Å². The molecule has 3 heterocycles. The monoisotopic (exact) mass is 498 g/mol. The van der Waals surface area contributed by atoms with Crippen molar-refractivity contribution < 1.29 is 4.57 Å². The third-order valence-electron chi connectivity index (χ3n) is 5.48. The quantitative estimate of drug-likeness (QED) is 0.394. The number of halogens is 1. The van der Waals surface area contributed by atoms with E-state index in [2.05, 4.69) is 40.8 Å². The fourth-order valence-corrected chi connectivity index (χ4v) is 7.15. The highest BCUT2D eigenvalue weighted by Gasteiger charge is 2.20. The number of nitrogens with zero attached hydrogens (tertiary/aromatic N) is 3. The maximum absolute atomic E-state index is 13.1. The van der Waals surface area contributed by atoms with Crippen molar-refractivity contribution in [1.29, 1.82) is 0 Å². The number of allylic oxidation sites excluding steroid dienone is 1. The van der Waals surface area contributed by atoms with Gasteiger partial charge >= 0.3 is 0 Å². The van der Waals surface area contributed by atoms with E-state index in [0.29, 0.717) is 6.54 Å². The van der Waals surface area contributed by atoms with Crippen LogP contribution >= 0.6 is 46.0 Å². The summed E-state index contributed by atoms with van der Waals surface area (Å²) in [6.45, 7) is 2.64. The molecule has 0 N–H and O–H groups in total. The van der Waals surface area contributed by atoms with E-state index < -0.39 is 0 Å². The molecule has 0 aliphatic carbocycles. The van der Waals surface area contributed by atoms with E-state index in [1.54, 1.807) is 23.1 Å². The zero-order chi connectivity index (χ0) is 22.4. The van der Waals surface area contributed by atoms with Crippen LogP contribution in [0.3, 0.4) is 0 Å². The first kappa shape index (κ1) is 21.5. The molecule has 0 spiro atoms. The Labute approximate surface area is 203 Å². The second-order valence-corrected chi connectivity index (χ2v) is 11.0. The third kappa shape index (κ3) is 3.73. The molecule has 8 heteroatoms. The average Bonchev–Trinajstić information content (AvgIpc) is 3.39. The van der Waals surface area contributed by atoms with Crippen molar-refractivity contribution in [2.24, 2.45) is 7.05 Å². The van der Waals surface area contributed by atoms with Gasteiger partial charge in [0.2, 0.25) is 5.52 Å². The molecule has 4 nitrogen and oxygen atoms in total. The molecule has 0 saturated heterocycles. The number of para-hydroxylation sites is 1. The molecule has 4 aromatic rings. The number of thioether (sulfide) groups is 1. The average molecular weight is 499 g/mol. The first-order chi connectivity index (χ1) is 15.5. The summed E-state index contributed by atoms with van der Waals surface area (Å²) in [5.74, 6) is 0. The van der Waals surface area contributed by atoms with Crippen molar-refractivity contribution in [2.75, 3.05) is 11.9 Å². The zero-order valence-corrected chi connectivity index (χ0v) is 21.0. The molecule has 162 valence electrons. The number of anilines is 1. The standard InChI is InChI=1S/C24H21ClN3OS3/c1-4-28-23(14-22-27(3)17-13-15(25)9-10-19(17)31-22)32-20(24(28)29)11-12-21-26(2)16-7-5-6-8-18(16)30-21/h5-14H,4H2,1-3H3/q+1/b20-11-,21-12-. The highest BCUT2D eigenvalue weighted by Crippen LogP contribution is 2.44. The lowest BCUT2D eigenvalue weighted by molar-refractivity contribution is -0.642. The van der Waals surface area contributed by atoms with Crippen molar-refractivity contribution in [3.8, 4) is 0 Å². The van der Waals surface area contributed by atoms with Gasteiger partial charge in [0.15, 0.2) is 0 Å². The maximum atomic E-state index is 13.1. The Morgan fingerprint density at radius 2 is 1.94 bits per heavy atom. The van der Waals surface area contributed by atoms with E-state index in [4.69, 9.17) is 11.6 Å². The van der Waals surface area contributed by atoms with E-state index in [1.165, 1.54) is 26.6 Å². The minimum atomic E-state index is 0.0515. The molecular weight excluding hydrogens is 478 g/mol. The summed E-state index contributed by atoms with van der Waals surface area (Å²) in [4.78, 5) is 16.5. The number of hydrogen-bond acceptors (Lipinski definition) is 5. The molecule has 0 radical (unpaired) electrons. The Kier molecular flexibility index (Phi) is 5.75. The van der Waals surface area contributed by atoms with Crippen LogP contribution in [-0.2, 0) is 13.6 Å². The highest BCUT2D eigenvalue weighted by molar-refractivity contribution is 8.03. The summed E-state index contributed by atoms with van der Waals surface area (Å²) in [7, 11) is 4.09. The summed E-state index contributed by atoms with van der Waals surface area (Å²) in [5.41, 5.74) is 2.34. The largest absolute Gasteiger partial charge is 0.338 e. The number of benzene rings is 2. The lowest BCUT2D eigenvalue weighted by atomic mass is 10.3. The summed E-state index contributed by atoms with van der Waals surface area (Å²) in [6, 6.07) is 14.3. The minimum Gasteiger partial charge on any atom is -0.338 e. The fraction of sp³-hybridized carbons (Fsp3) is 0.167. The number of aromatic nitrogens is 2. The normalized spacial score (nSPS) is 16.0. The van der Waals surface area contributed by atoms with Gasteiger partial charge in [-0.05, 0) is 43.3 Å². The van der Waals surface area contributed by atoms with Gasteiger partial charge in [-0.1, -0.05) is 46.8 Å². The Hall–Kier alpha value is -2.32. The number of hydrogen-bond donors (Lipinski definition) is 0. The van der Waals surface area contributed by atoms with Crippen LogP contribution in [0.2, 0.25) is 5.02 Å². The molecule has 5 rings (SSSR count). The first-order valence-electron chi connectivity index (χ1n) is 10.2. The van der Waals surface area contributed by atoms with Crippen LogP contribution in [-0.4, -0.2) is 11.6 Å². The molecule has 2 aromatic carbocycles. The molecule has 0 unspecified atom stereocenters. The molecule has 0 amide bonds. The molecule has 0 fully saturated rings. The third-order valence-corrected chi connectivity index (χ3v) is 9.14. The van der Waals surface area contributed by atoms with E-state index in [9.17, 15) is 4.79 Å². The summed E-state index contributed by atoms with van der Waals surface area (Å²) in [6.07, 6.45) is 6.10. The van der Waals surface area contributed by atoms with Crippen LogP contribution in [0.25, 0.3) is 22.4 Å². The number of fused-ring (bicyclic) bond motifs is 2. The van der Waals surface area contributed by atoms with E-state index in [0.717, 1.165) is 29.8 Å². The van der Waals surface area contributed by atoms with Gasteiger partial charge in [-0.15, -0.1) is 11.3 Å². The van der Waals surface area contributed by atoms with Gasteiger partial charge in [-0.3, -0.25) is 9.36 Å². The molecular formula is C24H21ClN3OS3+. The van der Waals surface area contributed by atoms with Gasteiger partial charge in [0, 0.05) is 29.6 Å². The second-order valence-electron chi connectivity index (χ2n) is 7.41. The second kappa shape index (κ2) is 8.56. The van der Waals surface area contributed by atoms with Gasteiger partial charge in [-0.2, -0.15) is 4.57 Å². The van der Waals surface area contributed by atoms with Gasteiger partial charge in [0.25, 0.3) is 10.6 Å². The van der Waals surface area contributed by atoms with Crippen molar-refractivity contribution in [2.45, 2.75) is 18.4 Å². The lowest BCUT2D eigenvalue weighted by Gasteiger charge is -2.12. The Morgan fingerprint density at radius 1 is 1.12 bits per heavy atom. The van der Waals surface area contributed by atoms with Crippen molar-refractivity contribution in [3.63, 3.8) is 0 Å². The van der Waals surface area contributed by atoms with Crippen molar-refractivity contribution >= 4 is 74.1 Å². The SMILES string of the molecule is CCn1c(=O)/c(=C/C=C2\Sc3ccccc3N2C)s/c1=C\c1sc2ccc(Cl)cc2[n+]1C. The predicted octanol–water partition coefficient (Wildman–Crippen LogP) is 4.32. The molecule has 0 bridgehead atoms. The van der Waals surface area contributed by atoms with Gasteiger partial charge < -0.3 is 4.90 Å². The van der Waals surface area contributed by atoms with Gasteiger partial charge in [0.05, 0.1) is 21.3 Å². The van der Waals surface area contributed by atoms with Crippen LogP contribution in [0.15, 0.2) is 63.3 Å². The predicted molar refractivity (Wildman–Crippen MR) is 138 cm³/mol. The summed E-state index contributed by atoms with van der Waals surface area (Å²) < 4.78 is 6.83. The van der Waals surface area contributed by atoms with Gasteiger partial charge in [-0.25, -0.2) is 0 Å². The van der Waals surface area contributed by atoms with Crippen LogP contribution in [0.1, 0.15) is 11.9 Å². The summed E-state index contributed by atoms with van der Waals surface area (Å²) in [5, 5.41) is 2.92. The van der Waals surface area contributed by atoms with Crippen LogP contribution in [0.4, 0.5) is 5.69 Å². The van der Waals surface area contributed by atoms with E-state index in [-0.39, 0.29) is 5.56 Å². The topological polar surface area (TPSA) is 29.1 Å². The molecule has 1 aliphatic rings. The number of thiazole rings is 2. The van der Waals surface area contributed by atoms with Gasteiger partial charge in [0.1, 0.15) is 16.4 Å². The molecule has 2 aromatic heterocycles. The number of rotatable bonds is 3. The summed E-state index contributed by atoms with van der Waals surface area (Å²) >= 11 is 11.1. The molecule has 0 atom stereocenters. The van der Waals surface area contributed by atoms with Crippen molar-refractivity contribution in [3.05, 3.63) is 83.1 Å². The van der Waals surface area contributed by atoms with Crippen LogP contribution < -0.4 is 24.2 Å². The first-order valence-corrected chi connectivity index (χ1v) is 13.0. The Morgan fingerprint density at radius 3 is 2.72 bits per heavy atom. The number of aryl methyl sites for hydroxylation is 1. The fourth-order valence-electron chi connectivity index (χ4n) is 3.74. The van der Waals surface area contributed by atoms with Crippen molar-refractivity contribution in [1.82, 2.24) is 4.57 Å². The minimum absolute atomic E-state index is 0.0515. The Bertz CT molecular complexity index is 1560. The zero-order valence-electron chi connectivity index (χ0n) is 17.8. The molecule has 1 aliphatic heterocycles. The van der Waals surface area contributed by atoms with E-state index >= 15 is 0 Å². The highest BCUT2D eigenvalue weighted by atomic mass is 35.5. The Balaban J connectivity index is 1.59. The maximum Gasteiger partial charge on any atom is 0.269 e. The van der Waals surface area contributed by atoms with Crippen LogP contribution in [0.5, 0.6) is 0 Å². The lowest BCUT2D eigenvalue weighted by Crippen LogP contribution is -2.32.